The van der Waals surface area contributed by atoms with Gasteiger partial charge in [-0.05, 0) is 42.1 Å². The van der Waals surface area contributed by atoms with Crippen LogP contribution in [0.5, 0.6) is 0 Å². The Labute approximate surface area is 129 Å². The van der Waals surface area contributed by atoms with E-state index in [9.17, 15) is 4.79 Å². The van der Waals surface area contributed by atoms with E-state index in [1.54, 1.807) is 6.92 Å². The normalized spacial score (nSPS) is 33.2. The van der Waals surface area contributed by atoms with Crippen molar-refractivity contribution in [1.82, 2.24) is 0 Å². The molecular weight excluding hydrogens is 472 g/mol. The second-order valence-corrected chi connectivity index (χ2v) is 9.83. The van der Waals surface area contributed by atoms with E-state index >= 15 is 0 Å². The molecule has 92 valence electrons. The van der Waals surface area contributed by atoms with Crippen molar-refractivity contribution in [1.29, 1.82) is 0 Å². The number of ether oxygens (including phenoxy) is 1. The van der Waals surface area contributed by atoms with Gasteiger partial charge in [0.25, 0.3) is 0 Å². The highest BCUT2D eigenvalue weighted by Gasteiger charge is 2.56. The third-order valence-corrected chi connectivity index (χ3v) is 9.46. The highest BCUT2D eigenvalue weighted by Crippen LogP contribution is 2.56. The number of halogens is 4. The molecule has 0 spiro atoms. The summed E-state index contributed by atoms with van der Waals surface area (Å²) in [5.41, 5.74) is 0.395. The molecule has 0 aliphatic heterocycles. The molecule has 2 atom stereocenters. The summed E-state index contributed by atoms with van der Waals surface area (Å²) in [4.78, 5) is 11.8. The van der Waals surface area contributed by atoms with Gasteiger partial charge in [-0.2, -0.15) is 0 Å². The van der Waals surface area contributed by atoms with Gasteiger partial charge in [0.2, 0.25) is 0 Å². The third kappa shape index (κ3) is 2.93. The summed E-state index contributed by atoms with van der Waals surface area (Å²) in [6, 6.07) is 0. The van der Waals surface area contributed by atoms with E-state index < -0.39 is 7.74 Å². The number of rotatable bonds is 2. The first-order chi connectivity index (χ1) is 7.21. The van der Waals surface area contributed by atoms with E-state index in [0.29, 0.717) is 5.57 Å². The second-order valence-electron chi connectivity index (χ2n) is 3.88. The van der Waals surface area contributed by atoms with Gasteiger partial charge < -0.3 is 4.74 Å². The molecule has 0 aromatic carbocycles. The van der Waals surface area contributed by atoms with Crippen LogP contribution < -0.4 is 0 Å². The topological polar surface area (TPSA) is 26.3 Å². The first kappa shape index (κ1) is 15.2. The number of esters is 1. The van der Waals surface area contributed by atoms with E-state index in [2.05, 4.69) is 70.3 Å². The molecule has 2 nitrogen and oxygen atoms in total. The van der Waals surface area contributed by atoms with Crippen molar-refractivity contribution in [2.75, 3.05) is 0 Å². The molecule has 0 aromatic rings. The molecule has 1 aliphatic rings. The second kappa shape index (κ2) is 5.41. The van der Waals surface area contributed by atoms with Crippen molar-refractivity contribution in [2.24, 2.45) is 0 Å². The average Bonchev–Trinajstić information content (AvgIpc) is 2.14. The van der Waals surface area contributed by atoms with Crippen LogP contribution in [0.3, 0.4) is 0 Å². The molecule has 6 heteroatoms. The quantitative estimate of drug-likeness (QED) is 0.325. The van der Waals surface area contributed by atoms with Gasteiger partial charge in [-0.3, -0.25) is 0 Å². The molecule has 2 unspecified atom stereocenters. The highest BCUT2D eigenvalue weighted by molar-refractivity contribution is 9.27. The molecule has 0 bridgehead atoms. The first-order valence-electron chi connectivity index (χ1n) is 4.80. The zero-order valence-electron chi connectivity index (χ0n) is 8.73. The van der Waals surface area contributed by atoms with E-state index in [-0.39, 0.29) is 10.8 Å². The molecule has 0 aromatic heterocycles. The lowest BCUT2D eigenvalue weighted by molar-refractivity contribution is -0.147. The number of alkyl halides is 4. The van der Waals surface area contributed by atoms with Gasteiger partial charge >= 0.3 is 5.97 Å². The minimum Gasteiger partial charge on any atom is -0.442 e. The van der Waals surface area contributed by atoms with Crippen molar-refractivity contribution in [3.05, 3.63) is 12.2 Å². The molecule has 0 saturated heterocycles. The van der Waals surface area contributed by atoms with Gasteiger partial charge in [0.15, 0.2) is 4.51 Å². The summed E-state index contributed by atoms with van der Waals surface area (Å²) in [5, 5.41) is 0. The molecule has 0 N–H and O–H groups in total. The SMILES string of the molecule is C=C(C)C(=O)OC1(Br)CCCC(Br)C1(Br)Br. The summed E-state index contributed by atoms with van der Waals surface area (Å²) in [5.74, 6) is -0.387. The van der Waals surface area contributed by atoms with Gasteiger partial charge in [-0.25, -0.2) is 4.79 Å². The number of carbonyl (C=O) groups excluding carboxylic acids is 1. The maximum atomic E-state index is 11.6. The Morgan fingerprint density at radius 2 is 2.00 bits per heavy atom. The summed E-state index contributed by atoms with van der Waals surface area (Å²) in [6.07, 6.45) is 2.72. The number of carbonyl (C=O) groups is 1. The molecule has 0 heterocycles. The predicted molar refractivity (Wildman–Crippen MR) is 79.7 cm³/mol. The fraction of sp³-hybridized carbons (Fsp3) is 0.700. The van der Waals surface area contributed by atoms with E-state index in [1.807, 2.05) is 0 Å². The molecule has 16 heavy (non-hydrogen) atoms. The van der Waals surface area contributed by atoms with Gasteiger partial charge in [0.1, 0.15) is 3.23 Å². The maximum absolute atomic E-state index is 11.6. The molecule has 1 aliphatic carbocycles. The summed E-state index contributed by atoms with van der Waals surface area (Å²) in [6.45, 7) is 5.22. The van der Waals surface area contributed by atoms with Gasteiger partial charge in [-0.1, -0.05) is 54.4 Å². The minimum atomic E-state index is -0.761. The maximum Gasteiger partial charge on any atom is 0.334 e. The van der Waals surface area contributed by atoms with Crippen LogP contribution in [0.1, 0.15) is 26.2 Å². The van der Waals surface area contributed by atoms with E-state index in [1.165, 1.54) is 0 Å². The van der Waals surface area contributed by atoms with Crippen LogP contribution >= 0.6 is 63.7 Å². The van der Waals surface area contributed by atoms with Crippen molar-refractivity contribution < 1.29 is 9.53 Å². The van der Waals surface area contributed by atoms with Crippen LogP contribution in [0.25, 0.3) is 0 Å². The summed E-state index contributed by atoms with van der Waals surface area (Å²) >= 11 is 14.2. The molecule has 1 rings (SSSR count). The van der Waals surface area contributed by atoms with Gasteiger partial charge in [-0.15, -0.1) is 0 Å². The fourth-order valence-corrected chi connectivity index (χ4v) is 4.16. The zero-order chi connectivity index (χ0) is 12.6. The van der Waals surface area contributed by atoms with Gasteiger partial charge in [0, 0.05) is 10.4 Å². The Hall–Kier alpha value is 1.13. The Balaban J connectivity index is 2.89. The van der Waals surface area contributed by atoms with Crippen LogP contribution in [0, 0.1) is 0 Å². The van der Waals surface area contributed by atoms with Crippen LogP contribution in [0.15, 0.2) is 12.2 Å². The minimum absolute atomic E-state index is 0.172. The smallest absolute Gasteiger partial charge is 0.334 e. The molecule has 1 fully saturated rings. The predicted octanol–water partition coefficient (Wildman–Crippen LogP) is 4.63. The number of hydrogen-bond donors (Lipinski definition) is 0. The lowest BCUT2D eigenvalue weighted by atomic mass is 9.97. The highest BCUT2D eigenvalue weighted by atomic mass is 79.9. The number of hydrogen-bond acceptors (Lipinski definition) is 2. The largest absolute Gasteiger partial charge is 0.442 e. The lowest BCUT2D eigenvalue weighted by Gasteiger charge is -2.45. The Bertz CT molecular complexity index is 316. The summed E-state index contributed by atoms with van der Waals surface area (Å²) in [7, 11) is 0. The summed E-state index contributed by atoms with van der Waals surface area (Å²) < 4.78 is 4.20. The van der Waals surface area contributed by atoms with E-state index in [4.69, 9.17) is 4.74 Å². The van der Waals surface area contributed by atoms with Crippen molar-refractivity contribution in [2.45, 2.75) is 38.8 Å². The fourth-order valence-electron chi connectivity index (χ4n) is 1.44. The average molecular weight is 484 g/mol. The molecule has 0 radical (unpaired) electrons. The van der Waals surface area contributed by atoms with Crippen LogP contribution in [-0.2, 0) is 9.53 Å². The lowest BCUT2D eigenvalue weighted by Crippen LogP contribution is -2.52. The zero-order valence-corrected chi connectivity index (χ0v) is 15.1. The van der Waals surface area contributed by atoms with Gasteiger partial charge in [0.05, 0.1) is 0 Å². The van der Waals surface area contributed by atoms with Crippen molar-refractivity contribution in [3.63, 3.8) is 0 Å². The van der Waals surface area contributed by atoms with Crippen LogP contribution in [-0.4, -0.2) is 18.5 Å². The Kier molecular flexibility index (Phi) is 5.13. The first-order valence-corrected chi connectivity index (χ1v) is 8.10. The molecule has 0 amide bonds. The molecule has 1 saturated carbocycles. The van der Waals surface area contributed by atoms with Crippen LogP contribution in [0.4, 0.5) is 0 Å². The van der Waals surface area contributed by atoms with Crippen LogP contribution in [0.2, 0.25) is 0 Å². The van der Waals surface area contributed by atoms with Crippen molar-refractivity contribution in [3.8, 4) is 0 Å². The molecular formula is C10H12Br4O2. The van der Waals surface area contributed by atoms with E-state index in [0.717, 1.165) is 19.3 Å². The third-order valence-electron chi connectivity index (χ3n) is 2.45. The Morgan fingerprint density at radius 3 is 2.50 bits per heavy atom. The Morgan fingerprint density at radius 1 is 1.44 bits per heavy atom. The van der Waals surface area contributed by atoms with Crippen molar-refractivity contribution >= 4 is 69.7 Å². The monoisotopic (exact) mass is 480 g/mol. The standard InChI is InChI=1S/C10H12Br4O2/c1-6(2)8(15)16-9(12)5-3-4-7(11)10(9,13)14/h7H,1,3-5H2,2H3.